The van der Waals surface area contributed by atoms with Crippen molar-refractivity contribution >= 4 is 39.6 Å². The number of anilines is 1. The number of rotatable bonds is 6. The van der Waals surface area contributed by atoms with Crippen molar-refractivity contribution in [2.75, 3.05) is 11.9 Å². The molecule has 0 saturated carbocycles. The highest BCUT2D eigenvalue weighted by atomic mass is 79.9. The SMILES string of the molecule is CCOc1ccc(Br)cc1C=NNC(=O)C(=O)Nc1ccc(CC)cc1. The fraction of sp³-hybridized carbons (Fsp3) is 0.211. The van der Waals surface area contributed by atoms with E-state index in [1.807, 2.05) is 32.0 Å². The minimum Gasteiger partial charge on any atom is -0.493 e. The van der Waals surface area contributed by atoms with Crippen LogP contribution in [0.15, 0.2) is 52.0 Å². The van der Waals surface area contributed by atoms with Crippen LogP contribution in [0.3, 0.4) is 0 Å². The van der Waals surface area contributed by atoms with E-state index < -0.39 is 11.8 Å². The monoisotopic (exact) mass is 417 g/mol. The molecule has 136 valence electrons. The van der Waals surface area contributed by atoms with Gasteiger partial charge in [0.2, 0.25) is 0 Å². The van der Waals surface area contributed by atoms with Gasteiger partial charge in [0.15, 0.2) is 0 Å². The summed E-state index contributed by atoms with van der Waals surface area (Å²) >= 11 is 3.37. The van der Waals surface area contributed by atoms with Gasteiger partial charge in [-0.15, -0.1) is 0 Å². The summed E-state index contributed by atoms with van der Waals surface area (Å²) in [6.07, 6.45) is 2.33. The second-order valence-corrected chi connectivity index (χ2v) is 6.23. The van der Waals surface area contributed by atoms with Crippen molar-refractivity contribution in [3.63, 3.8) is 0 Å². The number of nitrogens with zero attached hydrogens (tertiary/aromatic N) is 1. The molecule has 26 heavy (non-hydrogen) atoms. The van der Waals surface area contributed by atoms with Crippen molar-refractivity contribution < 1.29 is 14.3 Å². The number of hydrogen-bond donors (Lipinski definition) is 2. The van der Waals surface area contributed by atoms with E-state index in [4.69, 9.17) is 4.74 Å². The van der Waals surface area contributed by atoms with E-state index in [1.165, 1.54) is 6.21 Å². The minimum atomic E-state index is -0.853. The van der Waals surface area contributed by atoms with Gasteiger partial charge in [0, 0.05) is 15.7 Å². The second kappa shape index (κ2) is 9.72. The molecule has 6 nitrogen and oxygen atoms in total. The molecule has 2 rings (SSSR count). The van der Waals surface area contributed by atoms with Crippen LogP contribution in [0.4, 0.5) is 5.69 Å². The Balaban J connectivity index is 1.95. The number of nitrogens with one attached hydrogen (secondary N) is 2. The van der Waals surface area contributed by atoms with Crippen LogP contribution >= 0.6 is 15.9 Å². The Morgan fingerprint density at radius 3 is 2.50 bits per heavy atom. The maximum absolute atomic E-state index is 11.9. The van der Waals surface area contributed by atoms with Gasteiger partial charge in [0.1, 0.15) is 5.75 Å². The van der Waals surface area contributed by atoms with E-state index in [0.29, 0.717) is 23.6 Å². The van der Waals surface area contributed by atoms with E-state index in [9.17, 15) is 9.59 Å². The van der Waals surface area contributed by atoms with Gasteiger partial charge in [-0.05, 0) is 49.2 Å². The fourth-order valence-corrected chi connectivity index (χ4v) is 2.51. The highest BCUT2D eigenvalue weighted by molar-refractivity contribution is 9.10. The predicted octanol–water partition coefficient (Wildman–Crippen LogP) is 3.50. The summed E-state index contributed by atoms with van der Waals surface area (Å²) in [6.45, 7) is 4.43. The molecule has 0 unspecified atom stereocenters. The van der Waals surface area contributed by atoms with E-state index in [0.717, 1.165) is 16.5 Å². The van der Waals surface area contributed by atoms with Gasteiger partial charge in [-0.1, -0.05) is 35.0 Å². The molecule has 0 aliphatic rings. The molecule has 0 aromatic heterocycles. The molecule has 0 aliphatic heterocycles. The molecule has 2 amide bonds. The molecule has 2 aromatic carbocycles. The van der Waals surface area contributed by atoms with Crippen molar-refractivity contribution in [3.05, 3.63) is 58.1 Å². The normalized spacial score (nSPS) is 10.6. The molecular weight excluding hydrogens is 398 g/mol. The first kappa shape index (κ1) is 19.7. The molecule has 0 bridgehead atoms. The smallest absolute Gasteiger partial charge is 0.329 e. The Labute approximate surface area is 160 Å². The fourth-order valence-electron chi connectivity index (χ4n) is 2.13. The standard InChI is InChI=1S/C19H20BrN3O3/c1-3-13-5-8-16(9-6-13)22-18(24)19(25)23-21-12-14-11-15(20)7-10-17(14)26-4-2/h5-12H,3-4H2,1-2H3,(H,22,24)(H,23,25). The summed E-state index contributed by atoms with van der Waals surface area (Å²) in [4.78, 5) is 23.8. The zero-order chi connectivity index (χ0) is 18.9. The van der Waals surface area contributed by atoms with Gasteiger partial charge in [-0.25, -0.2) is 5.43 Å². The molecular formula is C19H20BrN3O3. The quantitative estimate of drug-likeness (QED) is 0.428. The molecule has 0 radical (unpaired) electrons. The number of ether oxygens (including phenoxy) is 1. The largest absolute Gasteiger partial charge is 0.493 e. The Hall–Kier alpha value is -2.67. The summed E-state index contributed by atoms with van der Waals surface area (Å²) in [7, 11) is 0. The molecule has 2 aromatic rings. The molecule has 0 fully saturated rings. The Morgan fingerprint density at radius 2 is 1.85 bits per heavy atom. The minimum absolute atomic E-state index is 0.508. The number of carbonyl (C=O) groups is 2. The topological polar surface area (TPSA) is 79.8 Å². The predicted molar refractivity (Wildman–Crippen MR) is 105 cm³/mol. The molecule has 0 atom stereocenters. The number of hydrazone groups is 1. The van der Waals surface area contributed by atoms with Gasteiger partial charge in [-0.2, -0.15) is 5.10 Å². The average Bonchev–Trinajstić information content (AvgIpc) is 2.64. The lowest BCUT2D eigenvalue weighted by Gasteiger charge is -2.07. The van der Waals surface area contributed by atoms with Crippen molar-refractivity contribution in [3.8, 4) is 5.75 Å². The zero-order valence-electron chi connectivity index (χ0n) is 14.6. The van der Waals surface area contributed by atoms with Gasteiger partial charge in [-0.3, -0.25) is 9.59 Å². The van der Waals surface area contributed by atoms with Crippen molar-refractivity contribution in [2.24, 2.45) is 5.10 Å². The molecule has 0 saturated heterocycles. The van der Waals surface area contributed by atoms with Crippen molar-refractivity contribution in [1.29, 1.82) is 0 Å². The maximum atomic E-state index is 11.9. The van der Waals surface area contributed by atoms with Crippen LogP contribution in [0.2, 0.25) is 0 Å². The van der Waals surface area contributed by atoms with Gasteiger partial charge >= 0.3 is 11.8 Å². The Bertz CT molecular complexity index is 804. The maximum Gasteiger partial charge on any atom is 0.329 e. The van der Waals surface area contributed by atoms with Crippen molar-refractivity contribution in [1.82, 2.24) is 5.43 Å². The van der Waals surface area contributed by atoms with Gasteiger partial charge < -0.3 is 10.1 Å². The Morgan fingerprint density at radius 1 is 1.12 bits per heavy atom. The van der Waals surface area contributed by atoms with Crippen LogP contribution in [0.1, 0.15) is 25.0 Å². The van der Waals surface area contributed by atoms with E-state index >= 15 is 0 Å². The number of halogens is 1. The zero-order valence-corrected chi connectivity index (χ0v) is 16.2. The summed E-state index contributed by atoms with van der Waals surface area (Å²) in [5.41, 5.74) is 4.59. The molecule has 2 N–H and O–H groups in total. The summed E-state index contributed by atoms with van der Waals surface area (Å²) in [6, 6.07) is 12.7. The third kappa shape index (κ3) is 5.70. The first-order chi connectivity index (χ1) is 12.5. The van der Waals surface area contributed by atoms with Crippen LogP contribution in [0.5, 0.6) is 5.75 Å². The average molecular weight is 418 g/mol. The molecule has 0 heterocycles. The van der Waals surface area contributed by atoms with E-state index in [1.54, 1.807) is 24.3 Å². The molecule has 0 spiro atoms. The number of amides is 2. The molecule has 7 heteroatoms. The van der Waals surface area contributed by atoms with Gasteiger partial charge in [0.05, 0.1) is 12.8 Å². The lowest BCUT2D eigenvalue weighted by Crippen LogP contribution is -2.32. The summed E-state index contributed by atoms with van der Waals surface area (Å²) in [5, 5.41) is 6.35. The van der Waals surface area contributed by atoms with E-state index in [2.05, 4.69) is 31.8 Å². The van der Waals surface area contributed by atoms with Crippen LogP contribution in [0.25, 0.3) is 0 Å². The second-order valence-electron chi connectivity index (χ2n) is 5.32. The lowest BCUT2D eigenvalue weighted by molar-refractivity contribution is -0.136. The lowest BCUT2D eigenvalue weighted by atomic mass is 10.1. The Kier molecular flexibility index (Phi) is 7.35. The van der Waals surface area contributed by atoms with E-state index in [-0.39, 0.29) is 0 Å². The van der Waals surface area contributed by atoms with Crippen LogP contribution in [-0.4, -0.2) is 24.6 Å². The van der Waals surface area contributed by atoms with Crippen LogP contribution in [0, 0.1) is 0 Å². The van der Waals surface area contributed by atoms with Gasteiger partial charge in [0.25, 0.3) is 0 Å². The van der Waals surface area contributed by atoms with Crippen LogP contribution < -0.4 is 15.5 Å². The molecule has 0 aliphatic carbocycles. The number of aryl methyl sites for hydroxylation is 1. The highest BCUT2D eigenvalue weighted by Gasteiger charge is 2.13. The summed E-state index contributed by atoms with van der Waals surface area (Å²) in [5.74, 6) is -1.01. The van der Waals surface area contributed by atoms with Crippen molar-refractivity contribution in [2.45, 2.75) is 20.3 Å². The third-order valence-electron chi connectivity index (χ3n) is 3.47. The number of carbonyl (C=O) groups excluding carboxylic acids is 2. The summed E-state index contributed by atoms with van der Waals surface area (Å²) < 4.78 is 6.34. The number of hydrogen-bond acceptors (Lipinski definition) is 4. The van der Waals surface area contributed by atoms with Crippen LogP contribution in [-0.2, 0) is 16.0 Å². The third-order valence-corrected chi connectivity index (χ3v) is 3.96. The first-order valence-electron chi connectivity index (χ1n) is 8.19. The number of benzene rings is 2. The first-order valence-corrected chi connectivity index (χ1v) is 8.98. The highest BCUT2D eigenvalue weighted by Crippen LogP contribution is 2.21.